The molecule has 1 aromatic heterocycles. The van der Waals surface area contributed by atoms with Crippen LogP contribution in [0.3, 0.4) is 0 Å². The van der Waals surface area contributed by atoms with Gasteiger partial charge in [0, 0.05) is 11.5 Å². The van der Waals surface area contributed by atoms with Crippen molar-refractivity contribution in [2.75, 3.05) is 18.2 Å². The highest BCUT2D eigenvalue weighted by Gasteiger charge is 2.17. The van der Waals surface area contributed by atoms with E-state index in [1.165, 1.54) is 18.9 Å². The number of methoxy groups -OCH3 is 1. The number of hydrogen-bond donors (Lipinski definition) is 2. The second-order valence-electron chi connectivity index (χ2n) is 5.90. The summed E-state index contributed by atoms with van der Waals surface area (Å²) in [5, 5.41) is 21.5. The molecule has 0 unspecified atom stereocenters. The predicted molar refractivity (Wildman–Crippen MR) is 113 cm³/mol. The Bertz CT molecular complexity index is 1070. The van der Waals surface area contributed by atoms with Crippen LogP contribution in [0.4, 0.5) is 5.69 Å². The minimum absolute atomic E-state index is 0.0615. The fourth-order valence-electron chi connectivity index (χ4n) is 2.56. The lowest BCUT2D eigenvalue weighted by Crippen LogP contribution is -2.17. The van der Waals surface area contributed by atoms with Crippen LogP contribution in [-0.2, 0) is 16.6 Å². The number of phenolic OH excluding ortho intramolecular Hbond substituents is 1. The number of aromatic nitrogens is 3. The Labute approximate surface area is 179 Å². The standard InChI is InChI=1S/C19H17BrN4O4S/c1-24-17(13-9-11(20)7-8-15(13)25)22-23-19(24)29-10-16(26)21-14-6-4-3-5-12(14)18(27)28-2/h3-9,25H,10H2,1-2H3,(H,21,26). The average molecular weight is 477 g/mol. The molecule has 0 radical (unpaired) electrons. The number of rotatable bonds is 6. The maximum Gasteiger partial charge on any atom is 0.339 e. The zero-order chi connectivity index (χ0) is 21.0. The Kier molecular flexibility index (Phi) is 6.55. The number of nitrogens with zero attached hydrogens (tertiary/aromatic N) is 3. The van der Waals surface area contributed by atoms with Crippen LogP contribution in [0.2, 0.25) is 0 Å². The van der Waals surface area contributed by atoms with Gasteiger partial charge in [0.1, 0.15) is 5.75 Å². The van der Waals surface area contributed by atoms with Crippen molar-refractivity contribution < 1.29 is 19.4 Å². The smallest absolute Gasteiger partial charge is 0.339 e. The number of esters is 1. The number of anilines is 1. The Balaban J connectivity index is 1.70. The molecule has 29 heavy (non-hydrogen) atoms. The van der Waals surface area contributed by atoms with Crippen molar-refractivity contribution in [1.29, 1.82) is 0 Å². The molecule has 10 heteroatoms. The molecule has 2 N–H and O–H groups in total. The molecule has 3 rings (SSSR count). The first-order chi connectivity index (χ1) is 13.9. The number of amides is 1. The quantitative estimate of drug-likeness (QED) is 0.414. The Morgan fingerprint density at radius 3 is 2.76 bits per heavy atom. The summed E-state index contributed by atoms with van der Waals surface area (Å²) in [6, 6.07) is 11.6. The molecule has 0 atom stereocenters. The third-order valence-electron chi connectivity index (χ3n) is 3.97. The molecule has 8 nitrogen and oxygen atoms in total. The fourth-order valence-corrected chi connectivity index (χ4v) is 3.63. The van der Waals surface area contributed by atoms with Crippen molar-refractivity contribution in [3.05, 3.63) is 52.5 Å². The molecular weight excluding hydrogens is 460 g/mol. The van der Waals surface area contributed by atoms with Crippen molar-refractivity contribution in [1.82, 2.24) is 14.8 Å². The number of nitrogens with one attached hydrogen (secondary N) is 1. The Hall–Kier alpha value is -2.85. The maximum absolute atomic E-state index is 12.3. The molecule has 0 aliphatic rings. The first-order valence-electron chi connectivity index (χ1n) is 8.39. The van der Waals surface area contributed by atoms with Crippen LogP contribution in [-0.4, -0.2) is 44.6 Å². The van der Waals surface area contributed by atoms with E-state index in [0.717, 1.165) is 4.47 Å². The maximum atomic E-state index is 12.3. The molecule has 1 heterocycles. The Morgan fingerprint density at radius 2 is 2.00 bits per heavy atom. The zero-order valence-corrected chi connectivity index (χ0v) is 18.0. The molecule has 0 saturated heterocycles. The van der Waals surface area contributed by atoms with Crippen molar-refractivity contribution in [2.24, 2.45) is 7.05 Å². The van der Waals surface area contributed by atoms with Crippen LogP contribution < -0.4 is 5.32 Å². The molecule has 0 aliphatic carbocycles. The lowest BCUT2D eigenvalue weighted by atomic mass is 10.2. The van der Waals surface area contributed by atoms with Gasteiger partial charge in [-0.25, -0.2) is 4.79 Å². The predicted octanol–water partition coefficient (Wildman–Crippen LogP) is 3.47. The first-order valence-corrected chi connectivity index (χ1v) is 10.2. The van der Waals surface area contributed by atoms with Crippen molar-refractivity contribution >= 4 is 45.3 Å². The van der Waals surface area contributed by atoms with Gasteiger partial charge in [0.25, 0.3) is 0 Å². The van der Waals surface area contributed by atoms with E-state index in [0.29, 0.717) is 22.2 Å². The van der Waals surface area contributed by atoms with E-state index in [1.54, 1.807) is 54.1 Å². The lowest BCUT2D eigenvalue weighted by molar-refractivity contribution is -0.113. The largest absolute Gasteiger partial charge is 0.507 e. The highest BCUT2D eigenvalue weighted by atomic mass is 79.9. The van der Waals surface area contributed by atoms with Gasteiger partial charge in [0.15, 0.2) is 11.0 Å². The van der Waals surface area contributed by atoms with Gasteiger partial charge >= 0.3 is 5.97 Å². The minimum atomic E-state index is -0.527. The molecule has 0 fully saturated rings. The number of halogens is 1. The monoisotopic (exact) mass is 476 g/mol. The van der Waals surface area contributed by atoms with E-state index < -0.39 is 5.97 Å². The number of carbonyl (C=O) groups excluding carboxylic acids is 2. The van der Waals surface area contributed by atoms with Gasteiger partial charge < -0.3 is 19.7 Å². The summed E-state index contributed by atoms with van der Waals surface area (Å²) >= 11 is 4.56. The highest BCUT2D eigenvalue weighted by molar-refractivity contribution is 9.10. The molecule has 3 aromatic rings. The number of thioether (sulfide) groups is 1. The molecule has 0 saturated carbocycles. The number of aromatic hydroxyl groups is 1. The lowest BCUT2D eigenvalue weighted by Gasteiger charge is -2.09. The van der Waals surface area contributed by atoms with Crippen molar-refractivity contribution in [3.8, 4) is 17.1 Å². The highest BCUT2D eigenvalue weighted by Crippen LogP contribution is 2.32. The molecule has 0 aliphatic heterocycles. The van der Waals surface area contributed by atoms with E-state index in [-0.39, 0.29) is 23.0 Å². The van der Waals surface area contributed by atoms with E-state index in [1.807, 2.05) is 0 Å². The summed E-state index contributed by atoms with van der Waals surface area (Å²) in [5.41, 5.74) is 1.18. The molecule has 2 aromatic carbocycles. The topological polar surface area (TPSA) is 106 Å². The molecule has 0 spiro atoms. The van der Waals surface area contributed by atoms with Crippen molar-refractivity contribution in [2.45, 2.75) is 5.16 Å². The normalized spacial score (nSPS) is 10.6. The van der Waals surface area contributed by atoms with Crippen LogP contribution in [0, 0.1) is 0 Å². The molecule has 1 amide bonds. The van der Waals surface area contributed by atoms with Gasteiger partial charge in [0.05, 0.1) is 29.7 Å². The van der Waals surface area contributed by atoms with E-state index >= 15 is 0 Å². The second-order valence-corrected chi connectivity index (χ2v) is 7.76. The molecule has 0 bridgehead atoms. The number of carbonyl (C=O) groups is 2. The van der Waals surface area contributed by atoms with E-state index in [2.05, 4.69) is 31.4 Å². The summed E-state index contributed by atoms with van der Waals surface area (Å²) in [4.78, 5) is 24.2. The van der Waals surface area contributed by atoms with Gasteiger partial charge in [-0.05, 0) is 30.3 Å². The average Bonchev–Trinajstić information content (AvgIpc) is 3.08. The fraction of sp³-hybridized carbons (Fsp3) is 0.158. The number of phenols is 1. The van der Waals surface area contributed by atoms with Gasteiger partial charge in [-0.2, -0.15) is 0 Å². The van der Waals surface area contributed by atoms with Crippen LogP contribution in [0.25, 0.3) is 11.4 Å². The zero-order valence-electron chi connectivity index (χ0n) is 15.5. The number of para-hydroxylation sites is 1. The summed E-state index contributed by atoms with van der Waals surface area (Å²) in [5.74, 6) is -0.215. The van der Waals surface area contributed by atoms with Crippen molar-refractivity contribution in [3.63, 3.8) is 0 Å². The van der Waals surface area contributed by atoms with Crippen LogP contribution >= 0.6 is 27.7 Å². The minimum Gasteiger partial charge on any atom is -0.507 e. The summed E-state index contributed by atoms with van der Waals surface area (Å²) in [7, 11) is 3.04. The van der Waals surface area contributed by atoms with Crippen LogP contribution in [0.5, 0.6) is 5.75 Å². The van der Waals surface area contributed by atoms with Gasteiger partial charge in [0.2, 0.25) is 5.91 Å². The Morgan fingerprint density at radius 1 is 1.24 bits per heavy atom. The number of ether oxygens (including phenoxy) is 1. The van der Waals surface area contributed by atoms with Gasteiger partial charge in [-0.15, -0.1) is 10.2 Å². The third kappa shape index (κ3) is 4.77. The summed E-state index contributed by atoms with van der Waals surface area (Å²) in [6.45, 7) is 0. The molecular formula is C19H17BrN4O4S. The SMILES string of the molecule is COC(=O)c1ccccc1NC(=O)CSc1nnc(-c2cc(Br)ccc2O)n1C. The van der Waals surface area contributed by atoms with Gasteiger partial charge in [-0.1, -0.05) is 39.8 Å². The van der Waals surface area contributed by atoms with Crippen LogP contribution in [0.1, 0.15) is 10.4 Å². The van der Waals surface area contributed by atoms with Gasteiger partial charge in [-0.3, -0.25) is 4.79 Å². The number of benzene rings is 2. The summed E-state index contributed by atoms with van der Waals surface area (Å²) in [6.07, 6.45) is 0. The van der Waals surface area contributed by atoms with E-state index in [9.17, 15) is 14.7 Å². The third-order valence-corrected chi connectivity index (χ3v) is 5.49. The summed E-state index contributed by atoms with van der Waals surface area (Å²) < 4.78 is 7.22. The second kappa shape index (κ2) is 9.10. The number of hydrogen-bond acceptors (Lipinski definition) is 7. The molecule has 150 valence electrons. The van der Waals surface area contributed by atoms with Crippen LogP contribution in [0.15, 0.2) is 52.1 Å². The first kappa shape index (κ1) is 20.9. The van der Waals surface area contributed by atoms with E-state index in [4.69, 9.17) is 4.74 Å².